The average Bonchev–Trinajstić information content (AvgIpc) is 2.63. The molecule has 84 valence electrons. The number of nitrogens with zero attached hydrogens (tertiary/aromatic N) is 1. The van der Waals surface area contributed by atoms with Crippen LogP contribution in [0.5, 0.6) is 0 Å². The van der Waals surface area contributed by atoms with Crippen molar-refractivity contribution >= 4 is 0 Å². The molecule has 1 aliphatic rings. The number of likely N-dealkylation sites (tertiary alicyclic amines) is 1. The Morgan fingerprint density at radius 2 is 2.29 bits per heavy atom. The first-order chi connectivity index (χ1) is 6.77. The molecule has 1 fully saturated rings. The highest BCUT2D eigenvalue weighted by Gasteiger charge is 2.24. The number of hydrogen-bond acceptors (Lipinski definition) is 2. The predicted molar refractivity (Wildman–Crippen MR) is 62.6 cm³/mol. The Morgan fingerprint density at radius 3 is 2.93 bits per heavy atom. The average molecular weight is 198 g/mol. The molecule has 2 heteroatoms. The molecular formula is C12H26N2. The van der Waals surface area contributed by atoms with Crippen LogP contribution in [0, 0.1) is 5.92 Å². The Labute approximate surface area is 89.1 Å². The molecule has 0 aromatic carbocycles. The van der Waals surface area contributed by atoms with Gasteiger partial charge < -0.3 is 10.2 Å². The number of nitrogens with one attached hydrogen (secondary N) is 1. The highest BCUT2D eigenvalue weighted by Crippen LogP contribution is 2.23. The van der Waals surface area contributed by atoms with Gasteiger partial charge in [-0.3, -0.25) is 0 Å². The van der Waals surface area contributed by atoms with Crippen LogP contribution in [0.15, 0.2) is 0 Å². The van der Waals surface area contributed by atoms with Gasteiger partial charge in [-0.2, -0.15) is 0 Å². The third kappa shape index (κ3) is 3.58. The second-order valence-corrected chi connectivity index (χ2v) is 4.68. The van der Waals surface area contributed by atoms with Crippen molar-refractivity contribution in [3.05, 3.63) is 0 Å². The van der Waals surface area contributed by atoms with Crippen molar-refractivity contribution in [2.45, 2.75) is 45.6 Å². The minimum Gasteiger partial charge on any atom is -0.320 e. The van der Waals surface area contributed by atoms with E-state index >= 15 is 0 Å². The topological polar surface area (TPSA) is 15.3 Å². The summed E-state index contributed by atoms with van der Waals surface area (Å²) in [5.41, 5.74) is 0. The first-order valence-corrected chi connectivity index (χ1v) is 6.16. The first kappa shape index (κ1) is 12.0. The molecule has 1 heterocycles. The third-order valence-electron chi connectivity index (χ3n) is 3.45. The van der Waals surface area contributed by atoms with E-state index in [1.807, 2.05) is 7.05 Å². The monoisotopic (exact) mass is 198 g/mol. The lowest BCUT2D eigenvalue weighted by atomic mass is 10.0. The molecule has 2 unspecified atom stereocenters. The molecule has 1 aliphatic heterocycles. The number of hydrogen-bond donors (Lipinski definition) is 1. The summed E-state index contributed by atoms with van der Waals surface area (Å²) in [6.45, 7) is 8.49. The van der Waals surface area contributed by atoms with Crippen LogP contribution in [0.25, 0.3) is 0 Å². The van der Waals surface area contributed by atoms with Crippen molar-refractivity contribution in [1.29, 1.82) is 0 Å². The molecule has 2 nitrogen and oxygen atoms in total. The molecule has 0 saturated carbocycles. The van der Waals surface area contributed by atoms with Gasteiger partial charge in [0.2, 0.25) is 0 Å². The van der Waals surface area contributed by atoms with Crippen molar-refractivity contribution in [2.75, 3.05) is 26.7 Å². The Hall–Kier alpha value is -0.0800. The summed E-state index contributed by atoms with van der Waals surface area (Å²) >= 11 is 0. The lowest BCUT2D eigenvalue weighted by molar-refractivity contribution is 0.236. The minimum absolute atomic E-state index is 0.768. The van der Waals surface area contributed by atoms with Crippen molar-refractivity contribution in [3.8, 4) is 0 Å². The SMILES string of the molecule is CCCC1CCN(C(C)CCNC)C1. The van der Waals surface area contributed by atoms with E-state index in [0.717, 1.165) is 18.5 Å². The van der Waals surface area contributed by atoms with Gasteiger partial charge in [0, 0.05) is 12.6 Å². The lowest BCUT2D eigenvalue weighted by Crippen LogP contribution is -2.33. The molecule has 0 radical (unpaired) electrons. The van der Waals surface area contributed by atoms with Crippen LogP contribution in [-0.2, 0) is 0 Å². The Kier molecular flexibility index (Phi) is 5.49. The third-order valence-corrected chi connectivity index (χ3v) is 3.45. The molecule has 2 atom stereocenters. The molecule has 1 saturated heterocycles. The fourth-order valence-corrected chi connectivity index (χ4v) is 2.44. The molecule has 14 heavy (non-hydrogen) atoms. The van der Waals surface area contributed by atoms with Gasteiger partial charge in [0.15, 0.2) is 0 Å². The molecule has 0 aromatic rings. The summed E-state index contributed by atoms with van der Waals surface area (Å²) in [6, 6.07) is 0.768. The zero-order chi connectivity index (χ0) is 10.4. The van der Waals surface area contributed by atoms with Crippen LogP contribution < -0.4 is 5.32 Å². The van der Waals surface area contributed by atoms with Gasteiger partial charge in [0.25, 0.3) is 0 Å². The molecule has 0 aromatic heterocycles. The van der Waals surface area contributed by atoms with E-state index in [9.17, 15) is 0 Å². The van der Waals surface area contributed by atoms with E-state index in [0.29, 0.717) is 0 Å². The second kappa shape index (κ2) is 6.41. The van der Waals surface area contributed by atoms with E-state index in [4.69, 9.17) is 0 Å². The van der Waals surface area contributed by atoms with Gasteiger partial charge in [-0.25, -0.2) is 0 Å². The molecule has 0 aliphatic carbocycles. The zero-order valence-electron chi connectivity index (χ0n) is 10.1. The van der Waals surface area contributed by atoms with Crippen LogP contribution >= 0.6 is 0 Å². The molecule has 0 spiro atoms. The normalized spacial score (nSPS) is 25.5. The Morgan fingerprint density at radius 1 is 1.50 bits per heavy atom. The van der Waals surface area contributed by atoms with Crippen molar-refractivity contribution in [2.24, 2.45) is 5.92 Å². The lowest BCUT2D eigenvalue weighted by Gasteiger charge is -2.24. The Balaban J connectivity index is 2.19. The van der Waals surface area contributed by atoms with Crippen LogP contribution in [0.3, 0.4) is 0 Å². The predicted octanol–water partition coefficient (Wildman–Crippen LogP) is 2.11. The summed E-state index contributed by atoms with van der Waals surface area (Å²) in [6.07, 6.45) is 5.49. The van der Waals surface area contributed by atoms with Gasteiger partial charge in [-0.05, 0) is 52.2 Å². The molecule has 0 bridgehead atoms. The van der Waals surface area contributed by atoms with E-state index in [1.54, 1.807) is 0 Å². The molecular weight excluding hydrogens is 172 g/mol. The fourth-order valence-electron chi connectivity index (χ4n) is 2.44. The summed E-state index contributed by atoms with van der Waals surface area (Å²) in [5, 5.41) is 3.23. The van der Waals surface area contributed by atoms with Gasteiger partial charge in [-0.15, -0.1) is 0 Å². The second-order valence-electron chi connectivity index (χ2n) is 4.68. The number of rotatable bonds is 6. The van der Waals surface area contributed by atoms with Crippen molar-refractivity contribution in [1.82, 2.24) is 10.2 Å². The summed E-state index contributed by atoms with van der Waals surface area (Å²) in [5.74, 6) is 0.983. The van der Waals surface area contributed by atoms with Gasteiger partial charge >= 0.3 is 0 Å². The van der Waals surface area contributed by atoms with Crippen LogP contribution in [0.4, 0.5) is 0 Å². The van der Waals surface area contributed by atoms with Gasteiger partial charge in [0.1, 0.15) is 0 Å². The first-order valence-electron chi connectivity index (χ1n) is 6.16. The highest BCUT2D eigenvalue weighted by atomic mass is 15.2. The van der Waals surface area contributed by atoms with E-state index in [-0.39, 0.29) is 0 Å². The van der Waals surface area contributed by atoms with Gasteiger partial charge in [0.05, 0.1) is 0 Å². The van der Waals surface area contributed by atoms with Crippen molar-refractivity contribution < 1.29 is 0 Å². The maximum atomic E-state index is 3.23. The van der Waals surface area contributed by atoms with E-state index < -0.39 is 0 Å². The largest absolute Gasteiger partial charge is 0.320 e. The Bertz CT molecular complexity index is 147. The summed E-state index contributed by atoms with van der Waals surface area (Å²) < 4.78 is 0. The highest BCUT2D eigenvalue weighted by molar-refractivity contribution is 4.79. The molecule has 1 rings (SSSR count). The van der Waals surface area contributed by atoms with Crippen LogP contribution in [0.2, 0.25) is 0 Å². The smallest absolute Gasteiger partial charge is 0.00791 e. The maximum absolute atomic E-state index is 3.23. The minimum atomic E-state index is 0.768. The van der Waals surface area contributed by atoms with E-state index in [2.05, 4.69) is 24.1 Å². The van der Waals surface area contributed by atoms with Crippen molar-refractivity contribution in [3.63, 3.8) is 0 Å². The van der Waals surface area contributed by atoms with Crippen LogP contribution in [0.1, 0.15) is 39.5 Å². The van der Waals surface area contributed by atoms with Crippen LogP contribution in [-0.4, -0.2) is 37.6 Å². The summed E-state index contributed by atoms with van der Waals surface area (Å²) in [7, 11) is 2.04. The zero-order valence-corrected chi connectivity index (χ0v) is 10.1. The quantitative estimate of drug-likeness (QED) is 0.703. The van der Waals surface area contributed by atoms with E-state index in [1.165, 1.54) is 38.8 Å². The fraction of sp³-hybridized carbons (Fsp3) is 1.00. The summed E-state index contributed by atoms with van der Waals surface area (Å²) in [4.78, 5) is 2.66. The van der Waals surface area contributed by atoms with Gasteiger partial charge in [-0.1, -0.05) is 13.3 Å². The molecule has 1 N–H and O–H groups in total. The molecule has 0 amide bonds. The maximum Gasteiger partial charge on any atom is 0.00791 e. The standard InChI is InChI=1S/C12H26N2/c1-4-5-12-7-9-14(10-12)11(2)6-8-13-3/h11-13H,4-10H2,1-3H3.